The number of hydrogen-bond acceptors (Lipinski definition) is 1. The van der Waals surface area contributed by atoms with Crippen LogP contribution in [0.4, 0.5) is 0 Å². The monoisotopic (exact) mass is 426 g/mol. The highest BCUT2D eigenvalue weighted by Gasteiger charge is 2.21. The van der Waals surface area contributed by atoms with Crippen LogP contribution in [-0.4, -0.2) is 6.61 Å². The van der Waals surface area contributed by atoms with Crippen LogP contribution in [0.2, 0.25) is 0 Å². The van der Waals surface area contributed by atoms with Gasteiger partial charge in [0.05, 0.1) is 6.61 Å². The highest BCUT2D eigenvalue weighted by Crippen LogP contribution is 2.35. The predicted molar refractivity (Wildman–Crippen MR) is 135 cm³/mol. The summed E-state index contributed by atoms with van der Waals surface area (Å²) in [5.74, 6) is 5.03. The van der Waals surface area contributed by atoms with Crippen LogP contribution < -0.4 is 4.74 Å². The van der Waals surface area contributed by atoms with Gasteiger partial charge in [0.1, 0.15) is 5.75 Å². The fraction of sp³-hybridized carbons (Fsp3) is 0.800. The van der Waals surface area contributed by atoms with E-state index in [1.807, 2.05) is 0 Å². The third-order valence-electron chi connectivity index (χ3n) is 8.52. The molecule has 2 aliphatic rings. The summed E-state index contributed by atoms with van der Waals surface area (Å²) in [6.45, 7) is 5.55. The Morgan fingerprint density at radius 3 is 1.77 bits per heavy atom. The first-order valence-corrected chi connectivity index (χ1v) is 14.0. The summed E-state index contributed by atoms with van der Waals surface area (Å²) in [5, 5.41) is 0. The lowest BCUT2D eigenvalue weighted by atomic mass is 9.78. The van der Waals surface area contributed by atoms with Crippen LogP contribution in [-0.2, 0) is 6.42 Å². The van der Waals surface area contributed by atoms with Crippen LogP contribution in [0.3, 0.4) is 0 Å². The van der Waals surface area contributed by atoms with Crippen LogP contribution in [0.1, 0.15) is 122 Å². The van der Waals surface area contributed by atoms with Crippen molar-refractivity contribution in [3.05, 3.63) is 29.8 Å². The van der Waals surface area contributed by atoms with Gasteiger partial charge in [-0.1, -0.05) is 109 Å². The molecule has 2 saturated carbocycles. The van der Waals surface area contributed by atoms with E-state index in [2.05, 4.69) is 38.1 Å². The lowest BCUT2D eigenvalue weighted by Crippen LogP contribution is -2.15. The first-order valence-electron chi connectivity index (χ1n) is 14.0. The molecular formula is C30H50O. The molecule has 1 aromatic carbocycles. The molecule has 1 heteroatoms. The molecule has 0 saturated heterocycles. The minimum Gasteiger partial charge on any atom is -0.494 e. The maximum Gasteiger partial charge on any atom is 0.119 e. The molecule has 0 bridgehead atoms. The highest BCUT2D eigenvalue weighted by molar-refractivity contribution is 5.27. The summed E-state index contributed by atoms with van der Waals surface area (Å²) in [6.07, 6.45) is 24.1. The third kappa shape index (κ3) is 9.19. The van der Waals surface area contributed by atoms with Gasteiger partial charge in [-0.15, -0.1) is 0 Å². The van der Waals surface area contributed by atoms with Crippen molar-refractivity contribution in [3.63, 3.8) is 0 Å². The van der Waals surface area contributed by atoms with Crippen LogP contribution in [0.5, 0.6) is 5.75 Å². The van der Waals surface area contributed by atoms with Gasteiger partial charge in [-0.2, -0.15) is 0 Å². The van der Waals surface area contributed by atoms with E-state index < -0.39 is 0 Å². The van der Waals surface area contributed by atoms with E-state index in [1.165, 1.54) is 115 Å². The summed E-state index contributed by atoms with van der Waals surface area (Å²) in [4.78, 5) is 0. The zero-order valence-corrected chi connectivity index (χ0v) is 20.8. The second-order valence-corrected chi connectivity index (χ2v) is 10.9. The average Bonchev–Trinajstić information content (AvgIpc) is 2.82. The molecule has 1 nitrogen and oxygen atoms in total. The van der Waals surface area contributed by atoms with Crippen LogP contribution >= 0.6 is 0 Å². The molecule has 0 spiro atoms. The number of benzene rings is 1. The lowest BCUT2D eigenvalue weighted by Gasteiger charge is -2.28. The fourth-order valence-corrected chi connectivity index (χ4v) is 6.11. The van der Waals surface area contributed by atoms with E-state index in [0.717, 1.165) is 36.0 Å². The first kappa shape index (κ1) is 24.7. The number of ether oxygens (including phenoxy) is 1. The zero-order chi connectivity index (χ0) is 21.7. The quantitative estimate of drug-likeness (QED) is 0.285. The topological polar surface area (TPSA) is 9.23 Å². The number of unbranched alkanes of at least 4 members (excludes halogenated alkanes) is 2. The molecule has 2 aliphatic carbocycles. The second kappa shape index (κ2) is 14.2. The van der Waals surface area contributed by atoms with Gasteiger partial charge in [0.15, 0.2) is 0 Å². The molecule has 0 atom stereocenters. The normalized spacial score (nSPS) is 26.6. The van der Waals surface area contributed by atoms with Gasteiger partial charge >= 0.3 is 0 Å². The summed E-state index contributed by atoms with van der Waals surface area (Å²) < 4.78 is 6.04. The molecule has 0 aromatic heterocycles. The Morgan fingerprint density at radius 1 is 0.645 bits per heavy atom. The van der Waals surface area contributed by atoms with Crippen molar-refractivity contribution in [3.8, 4) is 5.75 Å². The minimum atomic E-state index is 0.883. The van der Waals surface area contributed by atoms with E-state index in [9.17, 15) is 0 Å². The Kier molecular flexibility index (Phi) is 11.3. The van der Waals surface area contributed by atoms with E-state index in [4.69, 9.17) is 4.74 Å². The summed E-state index contributed by atoms with van der Waals surface area (Å²) >= 11 is 0. The number of hydrogen-bond donors (Lipinski definition) is 0. The van der Waals surface area contributed by atoms with Crippen LogP contribution in [0, 0.1) is 23.7 Å². The molecule has 0 radical (unpaired) electrons. The van der Waals surface area contributed by atoms with Gasteiger partial charge in [-0.25, -0.2) is 0 Å². The summed E-state index contributed by atoms with van der Waals surface area (Å²) in [5.41, 5.74) is 1.49. The molecule has 1 aromatic rings. The fourth-order valence-electron chi connectivity index (χ4n) is 6.11. The Labute approximate surface area is 193 Å². The van der Waals surface area contributed by atoms with Crippen molar-refractivity contribution in [2.75, 3.05) is 6.61 Å². The Bertz CT molecular complexity index is 561. The van der Waals surface area contributed by atoms with Gasteiger partial charge in [-0.3, -0.25) is 0 Å². The van der Waals surface area contributed by atoms with E-state index in [0.29, 0.717) is 0 Å². The standard InChI is InChI=1S/C30H50O/c1-3-5-6-8-26-14-16-28(17-15-26)18-19-29-20-22-30(23-21-29)31-24-7-9-27-12-10-25(4-2)11-13-27/h20-23,25-28H,3-19,24H2,1-2H3. The van der Waals surface area contributed by atoms with Crippen LogP contribution in [0.15, 0.2) is 24.3 Å². The van der Waals surface area contributed by atoms with Crippen molar-refractivity contribution in [2.24, 2.45) is 23.7 Å². The Balaban J connectivity index is 1.24. The van der Waals surface area contributed by atoms with Gasteiger partial charge in [0, 0.05) is 0 Å². The van der Waals surface area contributed by atoms with E-state index >= 15 is 0 Å². The van der Waals surface area contributed by atoms with E-state index in [-0.39, 0.29) is 0 Å². The lowest BCUT2D eigenvalue weighted by molar-refractivity contribution is 0.234. The largest absolute Gasteiger partial charge is 0.494 e. The van der Waals surface area contributed by atoms with Crippen molar-refractivity contribution >= 4 is 0 Å². The minimum absolute atomic E-state index is 0.883. The summed E-state index contributed by atoms with van der Waals surface area (Å²) in [7, 11) is 0. The molecule has 0 heterocycles. The molecule has 3 rings (SSSR count). The molecule has 0 aliphatic heterocycles. The van der Waals surface area contributed by atoms with E-state index in [1.54, 1.807) is 0 Å². The molecule has 176 valence electrons. The second-order valence-electron chi connectivity index (χ2n) is 10.9. The van der Waals surface area contributed by atoms with Crippen molar-refractivity contribution < 1.29 is 4.74 Å². The molecule has 0 N–H and O–H groups in total. The first-order chi connectivity index (χ1) is 15.3. The molecule has 2 fully saturated rings. The van der Waals surface area contributed by atoms with Crippen molar-refractivity contribution in [1.82, 2.24) is 0 Å². The zero-order valence-electron chi connectivity index (χ0n) is 20.8. The number of rotatable bonds is 13. The Hall–Kier alpha value is -0.980. The van der Waals surface area contributed by atoms with Crippen molar-refractivity contribution in [2.45, 2.75) is 123 Å². The molecule has 0 unspecified atom stereocenters. The summed E-state index contributed by atoms with van der Waals surface area (Å²) in [6, 6.07) is 9.01. The molecule has 31 heavy (non-hydrogen) atoms. The highest BCUT2D eigenvalue weighted by atomic mass is 16.5. The van der Waals surface area contributed by atoms with Gasteiger partial charge in [0.25, 0.3) is 0 Å². The predicted octanol–water partition coefficient (Wildman–Crippen LogP) is 9.38. The van der Waals surface area contributed by atoms with Gasteiger partial charge in [0.2, 0.25) is 0 Å². The average molecular weight is 427 g/mol. The maximum absolute atomic E-state index is 6.04. The maximum atomic E-state index is 6.04. The Morgan fingerprint density at radius 2 is 1.19 bits per heavy atom. The van der Waals surface area contributed by atoms with Crippen molar-refractivity contribution in [1.29, 1.82) is 0 Å². The molecular weight excluding hydrogens is 376 g/mol. The SMILES string of the molecule is CCCCCC1CCC(CCc2ccc(OCCCC3CCC(CC)CC3)cc2)CC1. The smallest absolute Gasteiger partial charge is 0.119 e. The number of aryl methyl sites for hydroxylation is 1. The van der Waals surface area contributed by atoms with Gasteiger partial charge in [-0.05, 0) is 67.1 Å². The molecule has 0 amide bonds. The van der Waals surface area contributed by atoms with Gasteiger partial charge < -0.3 is 4.74 Å². The van der Waals surface area contributed by atoms with Crippen LogP contribution in [0.25, 0.3) is 0 Å². The third-order valence-corrected chi connectivity index (χ3v) is 8.52.